The van der Waals surface area contributed by atoms with Gasteiger partial charge in [0, 0.05) is 25.0 Å². The largest absolute Gasteiger partial charge is 0.416 e. The molecular formula is C20H16F4N2O. The molecule has 1 amide bonds. The van der Waals surface area contributed by atoms with E-state index in [0.29, 0.717) is 27.7 Å². The van der Waals surface area contributed by atoms with Crippen molar-refractivity contribution in [3.63, 3.8) is 0 Å². The first-order valence-electron chi connectivity index (χ1n) is 8.13. The highest BCUT2D eigenvalue weighted by Crippen LogP contribution is 2.29. The standard InChI is InChI=1S/C20H16F4N2O/c1-12-17(9-14-5-8-16(21)10-18(14)25-12)19(27)26(2)11-13-3-6-15(7-4-13)20(22,23)24/h3-10H,11H2,1-2H3. The molecule has 3 aromatic rings. The lowest BCUT2D eigenvalue weighted by Gasteiger charge is -2.19. The fourth-order valence-corrected chi connectivity index (χ4v) is 2.80. The summed E-state index contributed by atoms with van der Waals surface area (Å²) in [6.45, 7) is 1.81. The van der Waals surface area contributed by atoms with E-state index in [1.807, 2.05) is 0 Å². The summed E-state index contributed by atoms with van der Waals surface area (Å²) < 4.78 is 51.2. The SMILES string of the molecule is Cc1nc2cc(F)ccc2cc1C(=O)N(C)Cc1ccc(C(F)(F)F)cc1. The highest BCUT2D eigenvalue weighted by Gasteiger charge is 2.30. The van der Waals surface area contributed by atoms with Crippen LogP contribution < -0.4 is 0 Å². The van der Waals surface area contributed by atoms with Crippen LogP contribution >= 0.6 is 0 Å². The van der Waals surface area contributed by atoms with Gasteiger partial charge < -0.3 is 4.90 Å². The monoisotopic (exact) mass is 376 g/mol. The van der Waals surface area contributed by atoms with E-state index in [1.54, 1.807) is 26.1 Å². The van der Waals surface area contributed by atoms with Gasteiger partial charge in [0.15, 0.2) is 0 Å². The van der Waals surface area contributed by atoms with Crippen LogP contribution in [0.25, 0.3) is 10.9 Å². The molecule has 0 N–H and O–H groups in total. The van der Waals surface area contributed by atoms with Gasteiger partial charge in [-0.3, -0.25) is 9.78 Å². The van der Waals surface area contributed by atoms with E-state index in [0.717, 1.165) is 12.1 Å². The Bertz CT molecular complexity index is 997. The molecule has 3 rings (SSSR count). The van der Waals surface area contributed by atoms with Crippen molar-refractivity contribution >= 4 is 16.8 Å². The lowest BCUT2D eigenvalue weighted by molar-refractivity contribution is -0.137. The molecule has 0 saturated heterocycles. The van der Waals surface area contributed by atoms with E-state index >= 15 is 0 Å². The second-order valence-corrected chi connectivity index (χ2v) is 6.31. The third-order valence-corrected chi connectivity index (χ3v) is 4.25. The minimum atomic E-state index is -4.40. The molecule has 0 saturated carbocycles. The summed E-state index contributed by atoms with van der Waals surface area (Å²) in [7, 11) is 1.56. The molecule has 1 heterocycles. The van der Waals surface area contributed by atoms with Crippen LogP contribution in [0, 0.1) is 12.7 Å². The number of hydrogen-bond acceptors (Lipinski definition) is 2. The van der Waals surface area contributed by atoms with Gasteiger partial charge in [-0.15, -0.1) is 0 Å². The number of benzene rings is 2. The fourth-order valence-electron chi connectivity index (χ4n) is 2.80. The molecule has 0 fully saturated rings. The van der Waals surface area contributed by atoms with Crippen molar-refractivity contribution in [3.8, 4) is 0 Å². The molecule has 0 aliphatic carbocycles. The molecule has 2 aromatic carbocycles. The van der Waals surface area contributed by atoms with E-state index in [1.165, 1.54) is 29.2 Å². The zero-order chi connectivity index (χ0) is 19.8. The number of carbonyl (C=O) groups is 1. The number of rotatable bonds is 3. The summed E-state index contributed by atoms with van der Waals surface area (Å²) in [5, 5.41) is 0.633. The van der Waals surface area contributed by atoms with Crippen LogP contribution in [0.2, 0.25) is 0 Å². The molecule has 140 valence electrons. The van der Waals surface area contributed by atoms with Crippen molar-refractivity contribution in [1.82, 2.24) is 9.88 Å². The van der Waals surface area contributed by atoms with E-state index in [2.05, 4.69) is 4.98 Å². The topological polar surface area (TPSA) is 33.2 Å². The van der Waals surface area contributed by atoms with Gasteiger partial charge >= 0.3 is 6.18 Å². The van der Waals surface area contributed by atoms with E-state index in [4.69, 9.17) is 0 Å². The first-order valence-corrected chi connectivity index (χ1v) is 8.13. The van der Waals surface area contributed by atoms with Crippen LogP contribution in [-0.2, 0) is 12.7 Å². The van der Waals surface area contributed by atoms with Crippen LogP contribution in [0.5, 0.6) is 0 Å². The van der Waals surface area contributed by atoms with Gasteiger partial charge in [0.2, 0.25) is 0 Å². The Morgan fingerprint density at radius 1 is 1.07 bits per heavy atom. The number of alkyl halides is 3. The number of halogens is 4. The number of pyridine rings is 1. The summed E-state index contributed by atoms with van der Waals surface area (Å²) in [5.74, 6) is -0.723. The smallest absolute Gasteiger partial charge is 0.337 e. The number of carbonyl (C=O) groups excluding carboxylic acids is 1. The number of amides is 1. The maximum atomic E-state index is 13.3. The van der Waals surface area contributed by atoms with Crippen molar-refractivity contribution in [3.05, 3.63) is 76.7 Å². The zero-order valence-electron chi connectivity index (χ0n) is 14.6. The Hall–Kier alpha value is -2.96. The fraction of sp³-hybridized carbons (Fsp3) is 0.200. The van der Waals surface area contributed by atoms with Crippen molar-refractivity contribution < 1.29 is 22.4 Å². The first kappa shape index (κ1) is 18.8. The summed E-state index contributed by atoms with van der Waals surface area (Å²) in [4.78, 5) is 18.4. The summed E-state index contributed by atoms with van der Waals surface area (Å²) in [5.41, 5.74) is 1.12. The van der Waals surface area contributed by atoms with Gasteiger partial charge in [-0.2, -0.15) is 13.2 Å². The van der Waals surface area contributed by atoms with Crippen molar-refractivity contribution in [2.75, 3.05) is 7.05 Å². The highest BCUT2D eigenvalue weighted by atomic mass is 19.4. The van der Waals surface area contributed by atoms with Gasteiger partial charge in [0.05, 0.1) is 22.3 Å². The Labute approximate surface area is 153 Å². The Morgan fingerprint density at radius 3 is 2.37 bits per heavy atom. The maximum absolute atomic E-state index is 13.3. The number of aromatic nitrogens is 1. The lowest BCUT2D eigenvalue weighted by Crippen LogP contribution is -2.27. The van der Waals surface area contributed by atoms with Gasteiger partial charge in [0.1, 0.15) is 5.82 Å². The highest BCUT2D eigenvalue weighted by molar-refractivity contribution is 5.98. The second kappa shape index (κ2) is 6.98. The maximum Gasteiger partial charge on any atom is 0.416 e. The minimum Gasteiger partial charge on any atom is -0.337 e. The van der Waals surface area contributed by atoms with E-state index in [-0.39, 0.29) is 12.5 Å². The van der Waals surface area contributed by atoms with E-state index < -0.39 is 17.6 Å². The summed E-state index contributed by atoms with van der Waals surface area (Å²) >= 11 is 0. The molecular weight excluding hydrogens is 360 g/mol. The molecule has 0 atom stereocenters. The number of fused-ring (bicyclic) bond motifs is 1. The zero-order valence-corrected chi connectivity index (χ0v) is 14.6. The van der Waals surface area contributed by atoms with E-state index in [9.17, 15) is 22.4 Å². The predicted octanol–water partition coefficient (Wildman–Crippen LogP) is 4.97. The van der Waals surface area contributed by atoms with Crippen LogP contribution in [0.15, 0.2) is 48.5 Å². The Balaban J connectivity index is 1.82. The summed E-state index contributed by atoms with van der Waals surface area (Å²) in [6, 6.07) is 10.5. The number of nitrogens with zero attached hydrogens (tertiary/aromatic N) is 2. The molecule has 3 nitrogen and oxygen atoms in total. The van der Waals surface area contributed by atoms with Gasteiger partial charge in [-0.05, 0) is 42.8 Å². The molecule has 0 unspecified atom stereocenters. The normalized spacial score (nSPS) is 11.6. The molecule has 0 spiro atoms. The van der Waals surface area contributed by atoms with Crippen molar-refractivity contribution in [2.24, 2.45) is 0 Å². The Kier molecular flexibility index (Phi) is 4.87. The van der Waals surface area contributed by atoms with Gasteiger partial charge in [-0.25, -0.2) is 4.39 Å². The predicted molar refractivity (Wildman–Crippen MR) is 93.7 cm³/mol. The van der Waals surface area contributed by atoms with Crippen LogP contribution in [-0.4, -0.2) is 22.8 Å². The number of hydrogen-bond donors (Lipinski definition) is 0. The van der Waals surface area contributed by atoms with Crippen LogP contribution in [0.4, 0.5) is 17.6 Å². The second-order valence-electron chi connectivity index (χ2n) is 6.31. The van der Waals surface area contributed by atoms with Crippen molar-refractivity contribution in [1.29, 1.82) is 0 Å². The lowest BCUT2D eigenvalue weighted by atomic mass is 10.1. The summed E-state index contributed by atoms with van der Waals surface area (Å²) in [6.07, 6.45) is -4.40. The molecule has 1 aromatic heterocycles. The number of aryl methyl sites for hydroxylation is 1. The van der Waals surface area contributed by atoms with Crippen LogP contribution in [0.1, 0.15) is 27.2 Å². The van der Waals surface area contributed by atoms with Crippen molar-refractivity contribution in [2.45, 2.75) is 19.6 Å². The molecule has 0 aliphatic heterocycles. The minimum absolute atomic E-state index is 0.151. The molecule has 27 heavy (non-hydrogen) atoms. The van der Waals surface area contributed by atoms with Crippen LogP contribution in [0.3, 0.4) is 0 Å². The first-order chi connectivity index (χ1) is 12.6. The molecule has 0 bridgehead atoms. The van der Waals surface area contributed by atoms with Gasteiger partial charge in [-0.1, -0.05) is 12.1 Å². The third kappa shape index (κ3) is 4.07. The molecule has 7 heteroatoms. The van der Waals surface area contributed by atoms with Gasteiger partial charge in [0.25, 0.3) is 5.91 Å². The molecule has 0 aliphatic rings. The quantitative estimate of drug-likeness (QED) is 0.605. The molecule has 0 radical (unpaired) electrons. The average molecular weight is 376 g/mol. The average Bonchev–Trinajstić information content (AvgIpc) is 2.60. The Morgan fingerprint density at radius 2 is 1.74 bits per heavy atom. The third-order valence-electron chi connectivity index (χ3n) is 4.25.